The van der Waals surface area contributed by atoms with Crippen molar-refractivity contribution < 1.29 is 18.3 Å². The van der Waals surface area contributed by atoms with Gasteiger partial charge in [0.2, 0.25) is 10.0 Å². The molecule has 0 saturated heterocycles. The Bertz CT molecular complexity index is 891. The van der Waals surface area contributed by atoms with Gasteiger partial charge in [0.05, 0.1) is 22.4 Å². The zero-order valence-electron chi connectivity index (χ0n) is 15.6. The van der Waals surface area contributed by atoms with Crippen LogP contribution in [0.5, 0.6) is 5.75 Å². The first kappa shape index (κ1) is 22.8. The van der Waals surface area contributed by atoms with Gasteiger partial charge < -0.3 is 15.6 Å². The molecular weight excluding hydrogens is 423 g/mol. The van der Waals surface area contributed by atoms with E-state index in [-0.39, 0.29) is 18.6 Å². The Kier molecular flexibility index (Phi) is 7.97. The second-order valence-corrected chi connectivity index (χ2v) is 9.29. The molecule has 6 nitrogen and oxygen atoms in total. The zero-order chi connectivity index (χ0) is 20.9. The minimum atomic E-state index is -3.33. The molecule has 0 heterocycles. The molecule has 2 aromatic carbocycles. The molecule has 3 atom stereocenters. The maximum Gasteiger partial charge on any atom is 0.229 e. The third-order valence-corrected chi connectivity index (χ3v) is 5.60. The maximum atomic E-state index is 11.2. The summed E-state index contributed by atoms with van der Waals surface area (Å²) in [5, 5.41) is 11.2. The number of aliphatic hydroxyl groups excluding tert-OH is 1. The van der Waals surface area contributed by atoms with E-state index in [0.717, 1.165) is 11.8 Å². The molecule has 28 heavy (non-hydrogen) atoms. The molecule has 0 aliphatic carbocycles. The van der Waals surface area contributed by atoms with Gasteiger partial charge in [-0.05, 0) is 54.3 Å². The summed E-state index contributed by atoms with van der Waals surface area (Å²) in [7, 11) is -3.33. The quantitative estimate of drug-likeness (QED) is 0.545. The second kappa shape index (κ2) is 9.80. The van der Waals surface area contributed by atoms with Crippen LogP contribution >= 0.6 is 23.2 Å². The summed E-state index contributed by atoms with van der Waals surface area (Å²) in [5.41, 5.74) is 7.62. The van der Waals surface area contributed by atoms with Crippen molar-refractivity contribution in [3.8, 4) is 5.75 Å². The summed E-state index contributed by atoms with van der Waals surface area (Å²) in [6, 6.07) is 11.5. The summed E-state index contributed by atoms with van der Waals surface area (Å²) in [5.74, 6) is 0.495. The van der Waals surface area contributed by atoms with E-state index in [2.05, 4.69) is 4.72 Å². The van der Waals surface area contributed by atoms with Gasteiger partial charge in [-0.25, -0.2) is 8.42 Å². The number of hydrogen-bond acceptors (Lipinski definition) is 5. The first-order valence-corrected chi connectivity index (χ1v) is 11.3. The lowest BCUT2D eigenvalue weighted by Crippen LogP contribution is -2.33. The molecule has 0 fully saturated rings. The van der Waals surface area contributed by atoms with Crippen molar-refractivity contribution in [2.75, 3.05) is 17.6 Å². The molecule has 4 N–H and O–H groups in total. The van der Waals surface area contributed by atoms with Crippen molar-refractivity contribution in [3.63, 3.8) is 0 Å². The molecule has 2 rings (SSSR count). The highest BCUT2D eigenvalue weighted by molar-refractivity contribution is 7.92. The summed E-state index contributed by atoms with van der Waals surface area (Å²) in [6.45, 7) is 2.03. The molecule has 0 aliphatic heterocycles. The van der Waals surface area contributed by atoms with Crippen LogP contribution in [-0.4, -0.2) is 38.5 Å². The molecule has 0 aromatic heterocycles. The van der Waals surface area contributed by atoms with E-state index in [1.807, 2.05) is 13.0 Å². The van der Waals surface area contributed by atoms with Crippen LogP contribution in [0.2, 0.25) is 10.0 Å². The molecule has 2 aromatic rings. The van der Waals surface area contributed by atoms with Gasteiger partial charge in [0.1, 0.15) is 12.4 Å². The standard InChI is InChI=1S/C19H24Cl2N2O4S/c1-12(13-3-8-17(20)18(21)9-13)19(22)10-15(24)11-27-16-6-4-14(5-7-16)23-28(2,25)26/h3-9,12,15,19,23-24H,10-11,22H2,1-2H3. The fourth-order valence-electron chi connectivity index (χ4n) is 2.65. The van der Waals surface area contributed by atoms with E-state index in [1.165, 1.54) is 0 Å². The average molecular weight is 447 g/mol. The van der Waals surface area contributed by atoms with Crippen molar-refractivity contribution in [2.24, 2.45) is 5.73 Å². The molecular formula is C19H24Cl2N2O4S. The van der Waals surface area contributed by atoms with Crippen LogP contribution in [0.3, 0.4) is 0 Å². The maximum absolute atomic E-state index is 11.2. The number of aliphatic hydroxyl groups is 1. The lowest BCUT2D eigenvalue weighted by molar-refractivity contribution is 0.0918. The zero-order valence-corrected chi connectivity index (χ0v) is 17.9. The molecule has 0 radical (unpaired) electrons. The van der Waals surface area contributed by atoms with Crippen LogP contribution in [0.15, 0.2) is 42.5 Å². The molecule has 0 spiro atoms. The van der Waals surface area contributed by atoms with Crippen molar-refractivity contribution in [2.45, 2.75) is 31.4 Å². The highest BCUT2D eigenvalue weighted by Crippen LogP contribution is 2.28. The minimum absolute atomic E-state index is 0.0224. The molecule has 0 aliphatic rings. The smallest absolute Gasteiger partial charge is 0.229 e. The number of anilines is 1. The van der Waals surface area contributed by atoms with Gasteiger partial charge in [-0.15, -0.1) is 0 Å². The fraction of sp³-hybridized carbons (Fsp3) is 0.368. The molecule has 0 saturated carbocycles. The Morgan fingerprint density at radius 1 is 1.14 bits per heavy atom. The Balaban J connectivity index is 1.85. The number of sulfonamides is 1. The van der Waals surface area contributed by atoms with Gasteiger partial charge in [0, 0.05) is 11.7 Å². The van der Waals surface area contributed by atoms with E-state index >= 15 is 0 Å². The Labute approximate surface area is 175 Å². The van der Waals surface area contributed by atoms with Crippen molar-refractivity contribution in [1.82, 2.24) is 0 Å². The number of ether oxygens (including phenoxy) is 1. The number of nitrogens with two attached hydrogens (primary N) is 1. The fourth-order valence-corrected chi connectivity index (χ4v) is 3.53. The Morgan fingerprint density at radius 2 is 1.79 bits per heavy atom. The summed E-state index contributed by atoms with van der Waals surface area (Å²) >= 11 is 12.0. The third kappa shape index (κ3) is 7.14. The highest BCUT2D eigenvalue weighted by atomic mass is 35.5. The third-order valence-electron chi connectivity index (χ3n) is 4.26. The normalized spacial score (nSPS) is 14.9. The lowest BCUT2D eigenvalue weighted by atomic mass is 9.90. The molecule has 0 amide bonds. The first-order chi connectivity index (χ1) is 13.0. The van der Waals surface area contributed by atoms with Crippen LogP contribution in [0.25, 0.3) is 0 Å². The van der Waals surface area contributed by atoms with Crippen molar-refractivity contribution in [1.29, 1.82) is 0 Å². The van der Waals surface area contributed by atoms with Crippen LogP contribution in [-0.2, 0) is 10.0 Å². The molecule has 0 bridgehead atoms. The number of nitrogens with one attached hydrogen (secondary N) is 1. The van der Waals surface area contributed by atoms with Gasteiger partial charge in [-0.2, -0.15) is 0 Å². The van der Waals surface area contributed by atoms with E-state index in [1.54, 1.807) is 36.4 Å². The van der Waals surface area contributed by atoms with Gasteiger partial charge in [-0.1, -0.05) is 36.2 Å². The molecule has 3 unspecified atom stereocenters. The number of rotatable bonds is 9. The number of hydrogen-bond donors (Lipinski definition) is 3. The van der Waals surface area contributed by atoms with Gasteiger partial charge in [0.15, 0.2) is 0 Å². The molecule has 9 heteroatoms. The number of halogens is 2. The van der Waals surface area contributed by atoms with Crippen LogP contribution in [0, 0.1) is 0 Å². The first-order valence-electron chi connectivity index (χ1n) is 8.64. The van der Waals surface area contributed by atoms with Crippen LogP contribution in [0.1, 0.15) is 24.8 Å². The van der Waals surface area contributed by atoms with E-state index in [0.29, 0.717) is 27.9 Å². The number of benzene rings is 2. The second-order valence-electron chi connectivity index (χ2n) is 6.73. The van der Waals surface area contributed by atoms with E-state index in [9.17, 15) is 13.5 Å². The summed E-state index contributed by atoms with van der Waals surface area (Å²) in [6.07, 6.45) is 0.666. The highest BCUT2D eigenvalue weighted by Gasteiger charge is 2.20. The average Bonchev–Trinajstić information content (AvgIpc) is 2.61. The summed E-state index contributed by atoms with van der Waals surface area (Å²) in [4.78, 5) is 0. The SMILES string of the molecule is CC(c1ccc(Cl)c(Cl)c1)C(N)CC(O)COc1ccc(NS(C)(=O)=O)cc1. The predicted molar refractivity (Wildman–Crippen MR) is 114 cm³/mol. The predicted octanol–water partition coefficient (Wildman–Crippen LogP) is 3.63. The minimum Gasteiger partial charge on any atom is -0.491 e. The lowest BCUT2D eigenvalue weighted by Gasteiger charge is -2.23. The Morgan fingerprint density at radius 3 is 2.36 bits per heavy atom. The largest absolute Gasteiger partial charge is 0.491 e. The van der Waals surface area contributed by atoms with Crippen molar-refractivity contribution >= 4 is 38.9 Å². The van der Waals surface area contributed by atoms with E-state index < -0.39 is 16.1 Å². The van der Waals surface area contributed by atoms with Gasteiger partial charge in [-0.3, -0.25) is 4.72 Å². The summed E-state index contributed by atoms with van der Waals surface area (Å²) < 4.78 is 30.3. The van der Waals surface area contributed by atoms with Crippen molar-refractivity contribution in [3.05, 3.63) is 58.1 Å². The molecule has 154 valence electrons. The van der Waals surface area contributed by atoms with Crippen LogP contribution < -0.4 is 15.2 Å². The monoisotopic (exact) mass is 446 g/mol. The Hall–Kier alpha value is -1.51. The van der Waals surface area contributed by atoms with Gasteiger partial charge >= 0.3 is 0 Å². The van der Waals surface area contributed by atoms with Crippen LogP contribution in [0.4, 0.5) is 5.69 Å². The topological polar surface area (TPSA) is 102 Å². The van der Waals surface area contributed by atoms with E-state index in [4.69, 9.17) is 33.7 Å². The van der Waals surface area contributed by atoms with Gasteiger partial charge in [0.25, 0.3) is 0 Å².